The molecule has 0 atom stereocenters. The van der Waals surface area contributed by atoms with Crippen LogP contribution in [0.25, 0.3) is 22.6 Å². The molecule has 0 aliphatic heterocycles. The number of hydrogen-bond donors (Lipinski definition) is 1. The molecule has 19 heavy (non-hydrogen) atoms. The number of nitrogens with zero attached hydrogens (tertiary/aromatic N) is 2. The summed E-state index contributed by atoms with van der Waals surface area (Å²) in [5.74, 6) is -1.08. The van der Waals surface area contributed by atoms with Crippen LogP contribution in [0.1, 0.15) is 11.1 Å². The lowest BCUT2D eigenvalue weighted by Crippen LogP contribution is -1.94. The van der Waals surface area contributed by atoms with Crippen LogP contribution in [-0.4, -0.2) is 15.0 Å². The van der Waals surface area contributed by atoms with Gasteiger partial charge in [-0.15, -0.1) is 0 Å². The third-order valence-electron chi connectivity index (χ3n) is 3.12. The number of aromatic nitrogens is 3. The Hall–Kier alpha value is -2.30. The lowest BCUT2D eigenvalue weighted by Gasteiger charge is -2.03. The van der Waals surface area contributed by atoms with E-state index in [1.165, 1.54) is 12.1 Å². The minimum Gasteiger partial charge on any atom is -0.336 e. The first-order chi connectivity index (χ1) is 9.08. The Morgan fingerprint density at radius 2 is 1.84 bits per heavy atom. The van der Waals surface area contributed by atoms with E-state index in [2.05, 4.69) is 15.0 Å². The second kappa shape index (κ2) is 4.12. The van der Waals surface area contributed by atoms with Gasteiger partial charge in [0.2, 0.25) is 0 Å². The SMILES string of the molecule is Cc1ccc(F)c(-c2nc3nccc(C)c3[nH]2)c1F. The Labute approximate surface area is 108 Å². The summed E-state index contributed by atoms with van der Waals surface area (Å²) in [6, 6.07) is 4.45. The maximum atomic E-state index is 14.1. The van der Waals surface area contributed by atoms with Gasteiger partial charge in [0.15, 0.2) is 5.65 Å². The van der Waals surface area contributed by atoms with Crippen molar-refractivity contribution in [2.75, 3.05) is 0 Å². The van der Waals surface area contributed by atoms with E-state index in [9.17, 15) is 8.78 Å². The Bertz CT molecular complexity index is 778. The topological polar surface area (TPSA) is 41.6 Å². The molecule has 0 unspecified atom stereocenters. The van der Waals surface area contributed by atoms with Crippen LogP contribution >= 0.6 is 0 Å². The summed E-state index contributed by atoms with van der Waals surface area (Å²) in [7, 11) is 0. The average Bonchev–Trinajstić information content (AvgIpc) is 2.80. The molecule has 3 nitrogen and oxygen atoms in total. The van der Waals surface area contributed by atoms with E-state index in [0.717, 1.165) is 5.56 Å². The molecule has 0 spiro atoms. The van der Waals surface area contributed by atoms with Crippen molar-refractivity contribution >= 4 is 11.2 Å². The fourth-order valence-corrected chi connectivity index (χ4v) is 2.03. The molecule has 0 radical (unpaired) electrons. The van der Waals surface area contributed by atoms with Crippen molar-refractivity contribution in [1.29, 1.82) is 0 Å². The predicted molar refractivity (Wildman–Crippen MR) is 68.7 cm³/mol. The number of benzene rings is 1. The number of H-pyrrole nitrogens is 1. The lowest BCUT2D eigenvalue weighted by atomic mass is 10.1. The van der Waals surface area contributed by atoms with Gasteiger partial charge in [0, 0.05) is 6.20 Å². The van der Waals surface area contributed by atoms with Gasteiger partial charge in [-0.05, 0) is 37.1 Å². The van der Waals surface area contributed by atoms with Gasteiger partial charge in [-0.3, -0.25) is 0 Å². The van der Waals surface area contributed by atoms with Crippen molar-refractivity contribution in [3.63, 3.8) is 0 Å². The Balaban J connectivity index is 2.31. The van der Waals surface area contributed by atoms with Gasteiger partial charge in [-0.2, -0.15) is 0 Å². The number of hydrogen-bond acceptors (Lipinski definition) is 2. The van der Waals surface area contributed by atoms with Crippen LogP contribution in [0.3, 0.4) is 0 Å². The van der Waals surface area contributed by atoms with Crippen LogP contribution in [0.15, 0.2) is 24.4 Å². The van der Waals surface area contributed by atoms with Crippen LogP contribution in [0.5, 0.6) is 0 Å². The molecule has 96 valence electrons. The number of halogens is 2. The molecule has 3 aromatic rings. The van der Waals surface area contributed by atoms with Crippen molar-refractivity contribution < 1.29 is 8.78 Å². The highest BCUT2D eigenvalue weighted by Crippen LogP contribution is 2.27. The van der Waals surface area contributed by atoms with E-state index < -0.39 is 11.6 Å². The number of pyridine rings is 1. The standard InChI is InChI=1S/C14H11F2N3/c1-7-3-4-9(15)10(11(7)16)13-18-12-8(2)5-6-17-14(12)19-13/h3-6H,1-2H3,(H,17,18,19). The number of rotatable bonds is 1. The summed E-state index contributed by atoms with van der Waals surface area (Å²) >= 11 is 0. The molecular formula is C14H11F2N3. The molecule has 2 heterocycles. The molecule has 1 aromatic carbocycles. The van der Waals surface area contributed by atoms with Crippen molar-refractivity contribution in [1.82, 2.24) is 15.0 Å². The van der Waals surface area contributed by atoms with Gasteiger partial charge in [0.05, 0.1) is 11.1 Å². The maximum absolute atomic E-state index is 14.1. The lowest BCUT2D eigenvalue weighted by molar-refractivity contribution is 0.582. The van der Waals surface area contributed by atoms with Crippen LogP contribution in [0.2, 0.25) is 0 Å². The van der Waals surface area contributed by atoms with Crippen LogP contribution in [-0.2, 0) is 0 Å². The van der Waals surface area contributed by atoms with Crippen LogP contribution in [0, 0.1) is 25.5 Å². The molecule has 3 rings (SSSR count). The molecule has 0 fully saturated rings. The zero-order valence-electron chi connectivity index (χ0n) is 10.5. The highest BCUT2D eigenvalue weighted by molar-refractivity contribution is 5.79. The molecule has 0 saturated heterocycles. The van der Waals surface area contributed by atoms with Crippen molar-refractivity contribution in [2.24, 2.45) is 0 Å². The molecule has 1 N–H and O–H groups in total. The van der Waals surface area contributed by atoms with Gasteiger partial charge < -0.3 is 4.98 Å². The predicted octanol–water partition coefficient (Wildman–Crippen LogP) is 3.52. The van der Waals surface area contributed by atoms with Gasteiger partial charge in [0.1, 0.15) is 17.5 Å². The fourth-order valence-electron chi connectivity index (χ4n) is 2.03. The van der Waals surface area contributed by atoms with Gasteiger partial charge in [0.25, 0.3) is 0 Å². The normalized spacial score (nSPS) is 11.2. The molecule has 0 aliphatic carbocycles. The monoisotopic (exact) mass is 259 g/mol. The number of imidazole rings is 1. The minimum atomic E-state index is -0.639. The number of nitrogens with one attached hydrogen (secondary N) is 1. The van der Waals surface area contributed by atoms with Crippen molar-refractivity contribution in [3.05, 3.63) is 47.2 Å². The van der Waals surface area contributed by atoms with E-state index in [4.69, 9.17) is 0 Å². The minimum absolute atomic E-state index is 0.141. The molecular weight excluding hydrogens is 248 g/mol. The van der Waals surface area contributed by atoms with Crippen molar-refractivity contribution in [2.45, 2.75) is 13.8 Å². The largest absolute Gasteiger partial charge is 0.336 e. The van der Waals surface area contributed by atoms with Gasteiger partial charge >= 0.3 is 0 Å². The summed E-state index contributed by atoms with van der Waals surface area (Å²) in [5, 5.41) is 0. The Morgan fingerprint density at radius 1 is 1.05 bits per heavy atom. The molecule has 2 aromatic heterocycles. The quantitative estimate of drug-likeness (QED) is 0.726. The number of fused-ring (bicyclic) bond motifs is 1. The van der Waals surface area contributed by atoms with Gasteiger partial charge in [-0.1, -0.05) is 6.07 Å². The maximum Gasteiger partial charge on any atom is 0.178 e. The highest BCUT2D eigenvalue weighted by atomic mass is 19.1. The molecule has 0 aliphatic rings. The Morgan fingerprint density at radius 3 is 2.58 bits per heavy atom. The number of aryl methyl sites for hydroxylation is 2. The van der Waals surface area contributed by atoms with E-state index in [0.29, 0.717) is 16.7 Å². The third-order valence-corrected chi connectivity index (χ3v) is 3.12. The zero-order valence-corrected chi connectivity index (χ0v) is 10.5. The average molecular weight is 259 g/mol. The summed E-state index contributed by atoms with van der Waals surface area (Å²) < 4.78 is 27.9. The molecule has 5 heteroatoms. The second-order valence-electron chi connectivity index (χ2n) is 4.47. The molecule has 0 saturated carbocycles. The first kappa shape index (κ1) is 11.8. The highest BCUT2D eigenvalue weighted by Gasteiger charge is 2.17. The van der Waals surface area contributed by atoms with Gasteiger partial charge in [-0.25, -0.2) is 18.7 Å². The molecule has 0 bridgehead atoms. The van der Waals surface area contributed by atoms with E-state index in [-0.39, 0.29) is 11.4 Å². The first-order valence-corrected chi connectivity index (χ1v) is 5.84. The zero-order chi connectivity index (χ0) is 13.6. The number of aromatic amines is 1. The third kappa shape index (κ3) is 1.78. The fraction of sp³-hybridized carbons (Fsp3) is 0.143. The second-order valence-corrected chi connectivity index (χ2v) is 4.47. The molecule has 0 amide bonds. The summed E-state index contributed by atoms with van der Waals surface area (Å²) in [6.45, 7) is 3.47. The van der Waals surface area contributed by atoms with Crippen LogP contribution < -0.4 is 0 Å². The summed E-state index contributed by atoms with van der Waals surface area (Å²) in [5.41, 5.74) is 2.31. The Kier molecular flexibility index (Phi) is 2.55. The summed E-state index contributed by atoms with van der Waals surface area (Å²) in [4.78, 5) is 11.2. The van der Waals surface area contributed by atoms with E-state index in [1.807, 2.05) is 13.0 Å². The first-order valence-electron chi connectivity index (χ1n) is 5.84. The van der Waals surface area contributed by atoms with Crippen LogP contribution in [0.4, 0.5) is 8.78 Å². The summed E-state index contributed by atoms with van der Waals surface area (Å²) in [6.07, 6.45) is 1.62. The van der Waals surface area contributed by atoms with E-state index in [1.54, 1.807) is 13.1 Å². The smallest absolute Gasteiger partial charge is 0.178 e. The van der Waals surface area contributed by atoms with E-state index >= 15 is 0 Å². The van der Waals surface area contributed by atoms with Crippen molar-refractivity contribution in [3.8, 4) is 11.4 Å².